The van der Waals surface area contributed by atoms with Crippen molar-refractivity contribution in [3.05, 3.63) is 65.5 Å². The zero-order chi connectivity index (χ0) is 15.2. The highest BCUT2D eigenvalue weighted by molar-refractivity contribution is 5.94. The molecule has 21 heavy (non-hydrogen) atoms. The van der Waals surface area contributed by atoms with Crippen molar-refractivity contribution < 1.29 is 4.79 Å². The minimum Gasteiger partial charge on any atom is -0.345 e. The number of pyridine rings is 1. The number of benzene rings is 1. The molecule has 0 fully saturated rings. The van der Waals surface area contributed by atoms with Crippen LogP contribution < -0.4 is 5.32 Å². The van der Waals surface area contributed by atoms with Crippen molar-refractivity contribution in [1.82, 2.24) is 10.3 Å². The van der Waals surface area contributed by atoms with E-state index in [1.165, 1.54) is 5.56 Å². The highest BCUT2D eigenvalue weighted by Gasteiger charge is 2.12. The summed E-state index contributed by atoms with van der Waals surface area (Å²) in [7, 11) is 0. The molecule has 0 aliphatic rings. The Balaban J connectivity index is 2.03. The second-order valence-corrected chi connectivity index (χ2v) is 5.41. The van der Waals surface area contributed by atoms with Gasteiger partial charge in [-0.15, -0.1) is 0 Å². The van der Waals surface area contributed by atoms with E-state index in [-0.39, 0.29) is 11.9 Å². The maximum absolute atomic E-state index is 12.1. The van der Waals surface area contributed by atoms with Gasteiger partial charge < -0.3 is 5.32 Å². The Hall–Kier alpha value is -2.16. The summed E-state index contributed by atoms with van der Waals surface area (Å²) in [6, 6.07) is 12.0. The molecule has 0 aliphatic heterocycles. The molecule has 0 radical (unpaired) electrons. The van der Waals surface area contributed by atoms with Gasteiger partial charge in [-0.1, -0.05) is 38.1 Å². The Bertz CT molecular complexity index is 578. The maximum Gasteiger partial charge on any atom is 0.253 e. The molecule has 1 heterocycles. The number of amides is 1. The molecule has 0 bridgehead atoms. The summed E-state index contributed by atoms with van der Waals surface area (Å²) < 4.78 is 0. The second kappa shape index (κ2) is 7.02. The average molecular weight is 282 g/mol. The van der Waals surface area contributed by atoms with Crippen molar-refractivity contribution in [3.63, 3.8) is 0 Å². The summed E-state index contributed by atoms with van der Waals surface area (Å²) in [5.41, 5.74) is 3.03. The number of hydrogen-bond acceptors (Lipinski definition) is 2. The lowest BCUT2D eigenvalue weighted by Gasteiger charge is -2.16. The van der Waals surface area contributed by atoms with Gasteiger partial charge in [0.25, 0.3) is 5.91 Å². The number of nitrogens with zero attached hydrogens (tertiary/aromatic N) is 1. The van der Waals surface area contributed by atoms with Crippen LogP contribution in [0.1, 0.15) is 60.6 Å². The van der Waals surface area contributed by atoms with Gasteiger partial charge in [-0.25, -0.2) is 0 Å². The van der Waals surface area contributed by atoms with Gasteiger partial charge >= 0.3 is 0 Å². The SMILES string of the molecule is CC[C@@H](C)c1ccc([C@H](C)NC(=O)c2cccnc2)cc1. The van der Waals surface area contributed by atoms with Gasteiger partial charge in [0.2, 0.25) is 0 Å². The molecule has 2 aromatic rings. The van der Waals surface area contributed by atoms with E-state index in [1.54, 1.807) is 24.5 Å². The zero-order valence-electron chi connectivity index (χ0n) is 12.8. The van der Waals surface area contributed by atoms with E-state index >= 15 is 0 Å². The molecule has 0 aliphatic carbocycles. The first kappa shape index (κ1) is 15.2. The van der Waals surface area contributed by atoms with E-state index in [4.69, 9.17) is 0 Å². The van der Waals surface area contributed by atoms with Gasteiger partial charge in [0.15, 0.2) is 0 Å². The molecule has 0 saturated carbocycles. The van der Waals surface area contributed by atoms with Crippen LogP contribution in [0.15, 0.2) is 48.8 Å². The standard InChI is InChI=1S/C18H22N2O/c1-4-13(2)15-7-9-16(10-8-15)14(3)20-18(21)17-6-5-11-19-12-17/h5-14H,4H2,1-3H3,(H,20,21)/t13-,14+/m1/s1. The molecule has 0 unspecified atom stereocenters. The summed E-state index contributed by atoms with van der Waals surface area (Å²) in [4.78, 5) is 16.1. The van der Waals surface area contributed by atoms with Crippen molar-refractivity contribution in [2.24, 2.45) is 0 Å². The predicted octanol–water partition coefficient (Wildman–Crippen LogP) is 4.09. The van der Waals surface area contributed by atoms with Crippen LogP contribution in [-0.4, -0.2) is 10.9 Å². The Labute approximate surface area is 126 Å². The number of carbonyl (C=O) groups excluding carboxylic acids is 1. The molecule has 110 valence electrons. The molecule has 0 saturated heterocycles. The summed E-state index contributed by atoms with van der Waals surface area (Å²) in [6.45, 7) is 6.41. The van der Waals surface area contributed by atoms with Crippen molar-refractivity contribution in [2.45, 2.75) is 39.2 Å². The molecule has 1 amide bonds. The van der Waals surface area contributed by atoms with Crippen LogP contribution in [0.4, 0.5) is 0 Å². The minimum absolute atomic E-state index is 0.0244. The molecule has 1 N–H and O–H groups in total. The Morgan fingerprint density at radius 2 is 1.81 bits per heavy atom. The van der Waals surface area contributed by atoms with Crippen LogP contribution in [0.25, 0.3) is 0 Å². The summed E-state index contributed by atoms with van der Waals surface area (Å²) in [5, 5.41) is 3.00. The topological polar surface area (TPSA) is 42.0 Å². The Morgan fingerprint density at radius 3 is 2.38 bits per heavy atom. The predicted molar refractivity (Wildman–Crippen MR) is 85.3 cm³/mol. The van der Waals surface area contributed by atoms with Crippen molar-refractivity contribution >= 4 is 5.91 Å². The van der Waals surface area contributed by atoms with Gasteiger partial charge in [0, 0.05) is 12.4 Å². The fraction of sp³-hybridized carbons (Fsp3) is 0.333. The summed E-state index contributed by atoms with van der Waals surface area (Å²) in [6.07, 6.45) is 4.37. The largest absolute Gasteiger partial charge is 0.345 e. The molecular weight excluding hydrogens is 260 g/mol. The van der Waals surface area contributed by atoms with Gasteiger partial charge in [-0.2, -0.15) is 0 Å². The van der Waals surface area contributed by atoms with Crippen LogP contribution in [0, 0.1) is 0 Å². The van der Waals surface area contributed by atoms with E-state index in [0.29, 0.717) is 11.5 Å². The monoisotopic (exact) mass is 282 g/mol. The van der Waals surface area contributed by atoms with Gasteiger partial charge in [0.1, 0.15) is 0 Å². The molecule has 0 spiro atoms. The van der Waals surface area contributed by atoms with Crippen LogP contribution in [0.5, 0.6) is 0 Å². The van der Waals surface area contributed by atoms with Crippen LogP contribution in [-0.2, 0) is 0 Å². The first-order valence-electron chi connectivity index (χ1n) is 7.42. The number of nitrogens with one attached hydrogen (secondary N) is 1. The number of rotatable bonds is 5. The number of aromatic nitrogens is 1. The molecule has 3 heteroatoms. The average Bonchev–Trinajstić information content (AvgIpc) is 2.55. The summed E-state index contributed by atoms with van der Waals surface area (Å²) in [5.74, 6) is 0.473. The van der Waals surface area contributed by atoms with E-state index in [2.05, 4.69) is 48.4 Å². The fourth-order valence-corrected chi connectivity index (χ4v) is 2.21. The maximum atomic E-state index is 12.1. The lowest BCUT2D eigenvalue weighted by molar-refractivity contribution is 0.0939. The van der Waals surface area contributed by atoms with Crippen molar-refractivity contribution in [1.29, 1.82) is 0 Å². The van der Waals surface area contributed by atoms with Crippen molar-refractivity contribution in [2.75, 3.05) is 0 Å². The molecular formula is C18H22N2O. The third-order valence-corrected chi connectivity index (χ3v) is 3.89. The Kier molecular flexibility index (Phi) is 5.09. The minimum atomic E-state index is -0.0957. The van der Waals surface area contributed by atoms with Gasteiger partial charge in [-0.3, -0.25) is 9.78 Å². The second-order valence-electron chi connectivity index (χ2n) is 5.41. The molecule has 1 aromatic carbocycles. The zero-order valence-corrected chi connectivity index (χ0v) is 12.8. The summed E-state index contributed by atoms with van der Waals surface area (Å²) >= 11 is 0. The molecule has 1 aromatic heterocycles. The molecule has 2 rings (SSSR count). The lowest BCUT2D eigenvalue weighted by atomic mass is 9.96. The van der Waals surface area contributed by atoms with Crippen LogP contribution in [0.3, 0.4) is 0 Å². The van der Waals surface area contributed by atoms with E-state index < -0.39 is 0 Å². The highest BCUT2D eigenvalue weighted by Crippen LogP contribution is 2.21. The third-order valence-electron chi connectivity index (χ3n) is 3.89. The number of hydrogen-bond donors (Lipinski definition) is 1. The van der Waals surface area contributed by atoms with E-state index in [9.17, 15) is 4.79 Å². The van der Waals surface area contributed by atoms with Gasteiger partial charge in [-0.05, 0) is 42.5 Å². The number of carbonyl (C=O) groups is 1. The lowest BCUT2D eigenvalue weighted by Crippen LogP contribution is -2.26. The smallest absolute Gasteiger partial charge is 0.253 e. The molecule has 2 atom stereocenters. The van der Waals surface area contributed by atoms with E-state index in [1.807, 2.05) is 6.92 Å². The van der Waals surface area contributed by atoms with Crippen LogP contribution >= 0.6 is 0 Å². The van der Waals surface area contributed by atoms with E-state index in [0.717, 1.165) is 12.0 Å². The third kappa shape index (κ3) is 3.91. The highest BCUT2D eigenvalue weighted by atomic mass is 16.1. The quantitative estimate of drug-likeness (QED) is 0.897. The molecule has 3 nitrogen and oxygen atoms in total. The Morgan fingerprint density at radius 1 is 1.14 bits per heavy atom. The fourth-order valence-electron chi connectivity index (χ4n) is 2.21. The first-order chi connectivity index (χ1) is 10.1. The van der Waals surface area contributed by atoms with Crippen molar-refractivity contribution in [3.8, 4) is 0 Å². The van der Waals surface area contributed by atoms with Gasteiger partial charge in [0.05, 0.1) is 11.6 Å². The van der Waals surface area contributed by atoms with Crippen LogP contribution in [0.2, 0.25) is 0 Å². The normalized spacial score (nSPS) is 13.5. The first-order valence-corrected chi connectivity index (χ1v) is 7.42.